The summed E-state index contributed by atoms with van der Waals surface area (Å²) in [7, 11) is 0. The first kappa shape index (κ1) is 18.7. The van der Waals surface area contributed by atoms with E-state index in [1.807, 2.05) is 30.5 Å². The highest BCUT2D eigenvalue weighted by atomic mass is 35.5. The minimum Gasteiger partial charge on any atom is -0.367 e. The van der Waals surface area contributed by atoms with E-state index < -0.39 is 0 Å². The summed E-state index contributed by atoms with van der Waals surface area (Å²) in [5.74, 6) is 1.21. The molecular weight excluding hydrogens is 370 g/mol. The Labute approximate surface area is 170 Å². The molecule has 1 aliphatic heterocycles. The van der Waals surface area contributed by atoms with E-state index in [0.29, 0.717) is 22.5 Å². The van der Waals surface area contributed by atoms with Crippen LogP contribution < -0.4 is 5.32 Å². The number of aromatic nitrogens is 2. The number of anilines is 1. The predicted molar refractivity (Wildman–Crippen MR) is 112 cm³/mol. The number of hydrogen-bond acceptors (Lipinski definition) is 5. The Morgan fingerprint density at radius 2 is 2.18 bits per heavy atom. The van der Waals surface area contributed by atoms with Crippen LogP contribution in [0.4, 0.5) is 5.82 Å². The molecule has 6 heteroatoms. The lowest BCUT2D eigenvalue weighted by Crippen LogP contribution is -2.45. The summed E-state index contributed by atoms with van der Waals surface area (Å²) in [5.41, 5.74) is 2.48. The molecule has 1 N–H and O–H groups in total. The van der Waals surface area contributed by atoms with Crippen molar-refractivity contribution in [3.63, 3.8) is 0 Å². The summed E-state index contributed by atoms with van der Waals surface area (Å²) in [6.45, 7) is 5.15. The molecule has 3 aromatic rings. The van der Waals surface area contributed by atoms with E-state index in [0.717, 1.165) is 48.5 Å². The van der Waals surface area contributed by atoms with Gasteiger partial charge in [0.05, 0.1) is 22.8 Å². The lowest BCUT2D eigenvalue weighted by atomic mass is 9.93. The van der Waals surface area contributed by atoms with E-state index >= 15 is 0 Å². The van der Waals surface area contributed by atoms with Crippen molar-refractivity contribution in [1.29, 1.82) is 5.26 Å². The van der Waals surface area contributed by atoms with Gasteiger partial charge in [0.25, 0.3) is 0 Å². The third-order valence-electron chi connectivity index (χ3n) is 5.33. The molecule has 0 spiro atoms. The van der Waals surface area contributed by atoms with Gasteiger partial charge < -0.3 is 5.32 Å². The van der Waals surface area contributed by atoms with Crippen molar-refractivity contribution in [2.75, 3.05) is 18.4 Å². The summed E-state index contributed by atoms with van der Waals surface area (Å²) in [5, 5.41) is 14.5. The van der Waals surface area contributed by atoms with Crippen LogP contribution in [0.3, 0.4) is 0 Å². The largest absolute Gasteiger partial charge is 0.367 e. The topological polar surface area (TPSA) is 64.8 Å². The quantitative estimate of drug-likeness (QED) is 0.710. The van der Waals surface area contributed by atoms with E-state index in [1.165, 1.54) is 0 Å². The molecule has 1 saturated heterocycles. The molecule has 1 aromatic carbocycles. The average Bonchev–Trinajstić information content (AvgIpc) is 2.70. The molecule has 0 bridgehead atoms. The highest BCUT2D eigenvalue weighted by Gasteiger charge is 2.26. The Hall–Kier alpha value is -2.68. The number of pyridine rings is 2. The fourth-order valence-corrected chi connectivity index (χ4v) is 4.04. The first-order chi connectivity index (χ1) is 13.6. The second kappa shape index (κ2) is 8.14. The Kier molecular flexibility index (Phi) is 5.43. The highest BCUT2D eigenvalue weighted by molar-refractivity contribution is 6.31. The van der Waals surface area contributed by atoms with Crippen LogP contribution in [-0.2, 0) is 6.54 Å². The first-order valence-corrected chi connectivity index (χ1v) is 9.89. The van der Waals surface area contributed by atoms with Crippen LogP contribution in [0.1, 0.15) is 24.6 Å². The maximum Gasteiger partial charge on any atom is 0.128 e. The number of rotatable bonds is 4. The van der Waals surface area contributed by atoms with Crippen LogP contribution in [0.5, 0.6) is 0 Å². The number of fused-ring (bicyclic) bond motifs is 1. The minimum atomic E-state index is 0.323. The number of halogens is 1. The van der Waals surface area contributed by atoms with Crippen molar-refractivity contribution in [2.24, 2.45) is 5.92 Å². The second-order valence-electron chi connectivity index (χ2n) is 7.40. The first-order valence-electron chi connectivity index (χ1n) is 9.51. The summed E-state index contributed by atoms with van der Waals surface area (Å²) in [6, 6.07) is 15.9. The van der Waals surface area contributed by atoms with E-state index in [2.05, 4.69) is 34.3 Å². The molecule has 5 nitrogen and oxygen atoms in total. The van der Waals surface area contributed by atoms with Crippen LogP contribution in [0.25, 0.3) is 10.9 Å². The number of likely N-dealkylation sites (tertiary alicyclic amines) is 1. The maximum atomic E-state index is 9.52. The molecule has 1 aliphatic rings. The third-order valence-corrected chi connectivity index (χ3v) is 5.56. The number of nitrogens with one attached hydrogen (secondary N) is 1. The molecule has 0 saturated carbocycles. The predicted octanol–water partition coefficient (Wildman–Crippen LogP) is 4.48. The van der Waals surface area contributed by atoms with E-state index in [9.17, 15) is 5.26 Å². The van der Waals surface area contributed by atoms with Crippen molar-refractivity contribution in [1.82, 2.24) is 14.9 Å². The molecule has 4 rings (SSSR count). The maximum absolute atomic E-state index is 9.52. The molecule has 0 radical (unpaired) electrons. The van der Waals surface area contributed by atoms with Crippen LogP contribution in [0.2, 0.25) is 5.02 Å². The number of nitriles is 1. The molecule has 2 aromatic heterocycles. The minimum absolute atomic E-state index is 0.323. The average molecular weight is 392 g/mol. The molecule has 1 fully saturated rings. The van der Waals surface area contributed by atoms with Crippen LogP contribution >= 0.6 is 11.6 Å². The Balaban J connectivity index is 1.46. The lowest BCUT2D eigenvalue weighted by molar-refractivity contribution is 0.163. The van der Waals surface area contributed by atoms with Gasteiger partial charge in [0.15, 0.2) is 0 Å². The van der Waals surface area contributed by atoms with Gasteiger partial charge in [-0.1, -0.05) is 24.6 Å². The number of benzene rings is 1. The summed E-state index contributed by atoms with van der Waals surface area (Å²) < 4.78 is 0. The zero-order valence-corrected chi connectivity index (χ0v) is 16.5. The van der Waals surface area contributed by atoms with Gasteiger partial charge in [-0.05, 0) is 48.7 Å². The lowest BCUT2D eigenvalue weighted by Gasteiger charge is -2.37. The van der Waals surface area contributed by atoms with Crippen molar-refractivity contribution < 1.29 is 0 Å². The van der Waals surface area contributed by atoms with Gasteiger partial charge in [-0.25, -0.2) is 4.98 Å². The molecule has 0 aliphatic carbocycles. The Morgan fingerprint density at radius 3 is 2.93 bits per heavy atom. The van der Waals surface area contributed by atoms with Crippen LogP contribution in [0, 0.1) is 17.2 Å². The van der Waals surface area contributed by atoms with Gasteiger partial charge in [0, 0.05) is 42.3 Å². The molecule has 142 valence electrons. The Morgan fingerprint density at radius 1 is 1.29 bits per heavy atom. The zero-order valence-electron chi connectivity index (χ0n) is 15.8. The summed E-state index contributed by atoms with van der Waals surface area (Å²) >= 11 is 6.07. The third kappa shape index (κ3) is 4.09. The smallest absolute Gasteiger partial charge is 0.128 e. The summed E-state index contributed by atoms with van der Waals surface area (Å²) in [4.78, 5) is 11.6. The number of piperidine rings is 1. The summed E-state index contributed by atoms with van der Waals surface area (Å²) in [6.07, 6.45) is 2.87. The van der Waals surface area contributed by atoms with E-state index in [1.54, 1.807) is 12.1 Å². The zero-order chi connectivity index (χ0) is 19.5. The van der Waals surface area contributed by atoms with Gasteiger partial charge >= 0.3 is 0 Å². The fraction of sp³-hybridized carbons (Fsp3) is 0.318. The van der Waals surface area contributed by atoms with Crippen LogP contribution in [0.15, 0.2) is 48.7 Å². The van der Waals surface area contributed by atoms with Crippen molar-refractivity contribution in [3.05, 3.63) is 64.9 Å². The number of hydrogen-bond donors (Lipinski definition) is 1. The normalized spacial score (nSPS) is 20.0. The number of nitrogens with zero attached hydrogens (tertiary/aromatic N) is 4. The van der Waals surface area contributed by atoms with Gasteiger partial charge in [0.1, 0.15) is 5.82 Å². The molecule has 2 atom stereocenters. The van der Waals surface area contributed by atoms with Crippen molar-refractivity contribution in [3.8, 4) is 6.07 Å². The van der Waals surface area contributed by atoms with Crippen molar-refractivity contribution >= 4 is 28.3 Å². The monoisotopic (exact) mass is 391 g/mol. The molecule has 0 amide bonds. The molecule has 2 unspecified atom stereocenters. The Bertz CT molecular complexity index is 1010. The van der Waals surface area contributed by atoms with Crippen LogP contribution in [-0.4, -0.2) is 34.0 Å². The van der Waals surface area contributed by atoms with Gasteiger partial charge in [-0.3, -0.25) is 9.88 Å². The standard InChI is InChI=1S/C22H22ClN5/c1-15-13-28(14-18-4-2-3-8-25-18)9-7-20(15)26-22-10-16(12-24)19-11-17(23)5-6-21(19)27-22/h2-6,8,10-11,15,20H,7,9,13-14H2,1H3,(H,26,27). The van der Waals surface area contributed by atoms with Gasteiger partial charge in [-0.15, -0.1) is 0 Å². The van der Waals surface area contributed by atoms with Gasteiger partial charge in [0.2, 0.25) is 0 Å². The molecule has 3 heterocycles. The van der Waals surface area contributed by atoms with Gasteiger partial charge in [-0.2, -0.15) is 5.26 Å². The van der Waals surface area contributed by atoms with E-state index in [-0.39, 0.29) is 0 Å². The molecular formula is C22H22ClN5. The highest BCUT2D eigenvalue weighted by Crippen LogP contribution is 2.26. The van der Waals surface area contributed by atoms with E-state index in [4.69, 9.17) is 16.6 Å². The van der Waals surface area contributed by atoms with Crippen molar-refractivity contribution in [2.45, 2.75) is 25.9 Å². The molecule has 28 heavy (non-hydrogen) atoms. The SMILES string of the molecule is CC1CN(Cc2ccccn2)CCC1Nc1cc(C#N)c2cc(Cl)ccc2n1. The second-order valence-corrected chi connectivity index (χ2v) is 7.84. The fourth-order valence-electron chi connectivity index (χ4n) is 3.87.